The molecule has 0 aliphatic heterocycles. The van der Waals surface area contributed by atoms with Gasteiger partial charge in [-0.15, -0.1) is 0 Å². The van der Waals surface area contributed by atoms with Gasteiger partial charge in [0.2, 0.25) is 0 Å². The minimum Gasteiger partial charge on any atom is -0.361 e. The Morgan fingerprint density at radius 2 is 1.68 bits per heavy atom. The maximum Gasteiger partial charge on any atom is 0.130 e. The summed E-state index contributed by atoms with van der Waals surface area (Å²) < 4.78 is 0. The molecular weight excluding hydrogens is 270 g/mol. The fourth-order valence-electron chi connectivity index (χ4n) is 3.10. The largest absolute Gasteiger partial charge is 0.361 e. The molecule has 3 rings (SSSR count). The van der Waals surface area contributed by atoms with Crippen molar-refractivity contribution in [3.8, 4) is 0 Å². The Labute approximate surface area is 132 Å². The predicted molar refractivity (Wildman–Crippen MR) is 93.1 cm³/mol. The maximum absolute atomic E-state index is 4.83. The van der Waals surface area contributed by atoms with E-state index in [0.717, 1.165) is 23.4 Å². The number of H-pyrrole nitrogens is 1. The average molecular weight is 293 g/mol. The minimum atomic E-state index is 0.236. The van der Waals surface area contributed by atoms with E-state index in [-0.39, 0.29) is 6.04 Å². The summed E-state index contributed by atoms with van der Waals surface area (Å²) in [4.78, 5) is 10.8. The van der Waals surface area contributed by atoms with E-state index in [1.54, 1.807) is 0 Å². The molecule has 22 heavy (non-hydrogen) atoms. The molecule has 0 amide bonds. The van der Waals surface area contributed by atoms with Gasteiger partial charge in [-0.2, -0.15) is 0 Å². The molecule has 0 radical (unpaired) electrons. The molecule has 1 atom stereocenters. The first-order valence-electron chi connectivity index (χ1n) is 7.97. The third-order valence-electron chi connectivity index (χ3n) is 4.08. The van der Waals surface area contributed by atoms with Crippen molar-refractivity contribution in [3.63, 3.8) is 0 Å². The Kier molecular flexibility index (Phi) is 4.14. The highest BCUT2D eigenvalue weighted by atomic mass is 15.2. The highest BCUT2D eigenvalue weighted by Crippen LogP contribution is 2.32. The number of benzene rings is 2. The smallest absolute Gasteiger partial charge is 0.130 e. The topological polar surface area (TPSA) is 31.9 Å². The molecule has 3 heteroatoms. The van der Waals surface area contributed by atoms with E-state index in [1.807, 2.05) is 12.1 Å². The first kappa shape index (κ1) is 14.6. The summed E-state index contributed by atoms with van der Waals surface area (Å²) in [5, 5.41) is 0. The van der Waals surface area contributed by atoms with E-state index >= 15 is 0 Å². The van der Waals surface area contributed by atoms with Crippen molar-refractivity contribution in [1.82, 2.24) is 9.97 Å². The van der Waals surface area contributed by atoms with Crippen LogP contribution in [0.25, 0.3) is 11.0 Å². The molecule has 0 spiro atoms. The summed E-state index contributed by atoms with van der Waals surface area (Å²) in [6, 6.07) is 19.0. The number of rotatable bonds is 5. The highest BCUT2D eigenvalue weighted by Gasteiger charge is 2.26. The molecule has 1 heterocycles. The number of hydrogen-bond donors (Lipinski definition) is 1. The molecule has 0 bridgehead atoms. The van der Waals surface area contributed by atoms with Crippen molar-refractivity contribution in [3.05, 3.63) is 60.4 Å². The fraction of sp³-hybridized carbons (Fsp3) is 0.316. The second-order valence-electron chi connectivity index (χ2n) is 5.95. The van der Waals surface area contributed by atoms with E-state index in [0.29, 0.717) is 5.92 Å². The number of fused-ring (bicyclic) bond motifs is 1. The van der Waals surface area contributed by atoms with Crippen molar-refractivity contribution in [2.75, 3.05) is 11.4 Å². The van der Waals surface area contributed by atoms with Gasteiger partial charge in [0.25, 0.3) is 0 Å². The fourth-order valence-corrected chi connectivity index (χ4v) is 3.10. The average Bonchev–Trinajstić information content (AvgIpc) is 2.96. The number of anilines is 1. The van der Waals surface area contributed by atoms with Crippen LogP contribution in [0.3, 0.4) is 0 Å². The summed E-state index contributed by atoms with van der Waals surface area (Å²) >= 11 is 0. The van der Waals surface area contributed by atoms with Crippen LogP contribution < -0.4 is 4.90 Å². The lowest BCUT2D eigenvalue weighted by Gasteiger charge is -2.34. The zero-order valence-electron chi connectivity index (χ0n) is 13.5. The molecule has 1 unspecified atom stereocenters. The number of nitrogens with one attached hydrogen (secondary N) is 1. The van der Waals surface area contributed by atoms with Gasteiger partial charge in [-0.1, -0.05) is 44.2 Å². The van der Waals surface area contributed by atoms with Gasteiger partial charge in [-0.05, 0) is 37.1 Å². The molecule has 0 fully saturated rings. The van der Waals surface area contributed by atoms with Crippen molar-refractivity contribution in [1.29, 1.82) is 0 Å². The Balaban J connectivity index is 2.04. The molecule has 1 aromatic heterocycles. The maximum atomic E-state index is 4.83. The second-order valence-corrected chi connectivity index (χ2v) is 5.95. The lowest BCUT2D eigenvalue weighted by Crippen LogP contribution is -2.32. The monoisotopic (exact) mass is 293 g/mol. The van der Waals surface area contributed by atoms with E-state index in [9.17, 15) is 0 Å². The van der Waals surface area contributed by atoms with Crippen LogP contribution >= 0.6 is 0 Å². The van der Waals surface area contributed by atoms with Gasteiger partial charge in [0.1, 0.15) is 5.82 Å². The highest BCUT2D eigenvalue weighted by molar-refractivity contribution is 5.75. The van der Waals surface area contributed by atoms with Crippen LogP contribution in [0.5, 0.6) is 0 Å². The summed E-state index contributed by atoms with van der Waals surface area (Å²) in [7, 11) is 0. The molecule has 3 aromatic rings. The van der Waals surface area contributed by atoms with Gasteiger partial charge in [-0.3, -0.25) is 0 Å². The number of aromatic amines is 1. The Morgan fingerprint density at radius 1 is 1.00 bits per heavy atom. The third kappa shape index (κ3) is 2.71. The quantitative estimate of drug-likeness (QED) is 0.733. The SMILES string of the molecule is CCN(c1ccccc1)C(c1nc2ccccc2[nH]1)C(C)C. The zero-order chi connectivity index (χ0) is 15.5. The minimum absolute atomic E-state index is 0.236. The van der Waals surface area contributed by atoms with Gasteiger partial charge < -0.3 is 9.88 Å². The molecule has 0 aliphatic carbocycles. The van der Waals surface area contributed by atoms with Crippen molar-refractivity contribution >= 4 is 16.7 Å². The van der Waals surface area contributed by atoms with Crippen molar-refractivity contribution in [2.45, 2.75) is 26.8 Å². The van der Waals surface area contributed by atoms with Gasteiger partial charge in [0.05, 0.1) is 17.1 Å². The van der Waals surface area contributed by atoms with Gasteiger partial charge in [0, 0.05) is 12.2 Å². The van der Waals surface area contributed by atoms with Crippen LogP contribution in [0.4, 0.5) is 5.69 Å². The predicted octanol–water partition coefficient (Wildman–Crippen LogP) is 4.79. The Bertz CT molecular complexity index is 698. The number of para-hydroxylation sites is 3. The van der Waals surface area contributed by atoms with Crippen molar-refractivity contribution in [2.24, 2.45) is 5.92 Å². The zero-order valence-corrected chi connectivity index (χ0v) is 13.5. The summed E-state index contributed by atoms with van der Waals surface area (Å²) in [6.07, 6.45) is 0. The Hall–Kier alpha value is -2.29. The van der Waals surface area contributed by atoms with Crippen LogP contribution in [-0.4, -0.2) is 16.5 Å². The van der Waals surface area contributed by atoms with E-state index in [1.165, 1.54) is 5.69 Å². The van der Waals surface area contributed by atoms with Crippen LogP contribution in [0.1, 0.15) is 32.6 Å². The number of aromatic nitrogens is 2. The number of hydrogen-bond acceptors (Lipinski definition) is 2. The van der Waals surface area contributed by atoms with Crippen molar-refractivity contribution < 1.29 is 0 Å². The lowest BCUT2D eigenvalue weighted by atomic mass is 10.0. The summed E-state index contributed by atoms with van der Waals surface area (Å²) in [6.45, 7) is 7.65. The lowest BCUT2D eigenvalue weighted by molar-refractivity contribution is 0.458. The number of nitrogens with zero attached hydrogens (tertiary/aromatic N) is 2. The second kappa shape index (κ2) is 6.22. The van der Waals surface area contributed by atoms with Crippen LogP contribution in [0.2, 0.25) is 0 Å². The standard InChI is InChI=1S/C19H23N3/c1-4-22(15-10-6-5-7-11-15)18(14(2)3)19-20-16-12-8-9-13-17(16)21-19/h5-14,18H,4H2,1-3H3,(H,20,21). The molecule has 114 valence electrons. The first-order chi connectivity index (χ1) is 10.7. The molecule has 2 aromatic carbocycles. The molecule has 3 nitrogen and oxygen atoms in total. The first-order valence-corrected chi connectivity index (χ1v) is 7.97. The summed E-state index contributed by atoms with van der Waals surface area (Å²) in [5.74, 6) is 1.50. The molecule has 0 saturated carbocycles. The van der Waals surface area contributed by atoms with Gasteiger partial charge in [-0.25, -0.2) is 4.98 Å². The van der Waals surface area contributed by atoms with Crippen LogP contribution in [0.15, 0.2) is 54.6 Å². The third-order valence-corrected chi connectivity index (χ3v) is 4.08. The normalized spacial score (nSPS) is 12.7. The van der Waals surface area contributed by atoms with Crippen LogP contribution in [0, 0.1) is 5.92 Å². The molecule has 0 aliphatic rings. The van der Waals surface area contributed by atoms with Gasteiger partial charge in [0.15, 0.2) is 0 Å². The molecule has 0 saturated heterocycles. The van der Waals surface area contributed by atoms with Gasteiger partial charge >= 0.3 is 0 Å². The number of imidazole rings is 1. The van der Waals surface area contributed by atoms with E-state index in [2.05, 4.69) is 73.1 Å². The van der Waals surface area contributed by atoms with E-state index in [4.69, 9.17) is 4.98 Å². The summed E-state index contributed by atoms with van der Waals surface area (Å²) in [5.41, 5.74) is 3.38. The Morgan fingerprint density at radius 3 is 2.32 bits per heavy atom. The van der Waals surface area contributed by atoms with E-state index < -0.39 is 0 Å². The van der Waals surface area contributed by atoms with Crippen LogP contribution in [-0.2, 0) is 0 Å². The molecule has 1 N–H and O–H groups in total. The molecular formula is C19H23N3.